The van der Waals surface area contributed by atoms with Crippen molar-refractivity contribution < 1.29 is 14.3 Å². The predicted molar refractivity (Wildman–Crippen MR) is 88.3 cm³/mol. The second-order valence-electron chi connectivity index (χ2n) is 7.32. The van der Waals surface area contributed by atoms with Gasteiger partial charge in [-0.3, -0.25) is 9.69 Å². The van der Waals surface area contributed by atoms with Gasteiger partial charge in [0.1, 0.15) is 0 Å². The molecule has 0 aromatic carbocycles. The van der Waals surface area contributed by atoms with Crippen LogP contribution < -0.4 is 5.32 Å². The third-order valence-electron chi connectivity index (χ3n) is 4.29. The van der Waals surface area contributed by atoms with Crippen LogP contribution in [0, 0.1) is 0 Å². The first-order valence-electron chi connectivity index (χ1n) is 8.45. The molecule has 2 aliphatic rings. The molecule has 23 heavy (non-hydrogen) atoms. The molecule has 3 amide bonds. The van der Waals surface area contributed by atoms with Crippen LogP contribution in [-0.2, 0) is 9.53 Å². The lowest BCUT2D eigenvalue weighted by Gasteiger charge is -2.40. The van der Waals surface area contributed by atoms with Crippen molar-refractivity contribution in [1.82, 2.24) is 20.0 Å². The maximum absolute atomic E-state index is 12.4. The summed E-state index contributed by atoms with van der Waals surface area (Å²) in [6.07, 6.45) is 0. The highest BCUT2D eigenvalue weighted by atomic mass is 16.5. The molecule has 1 unspecified atom stereocenters. The molecule has 2 heterocycles. The summed E-state index contributed by atoms with van der Waals surface area (Å²) in [6.45, 7) is 13.3. The molecule has 1 N–H and O–H groups in total. The third kappa shape index (κ3) is 5.07. The van der Waals surface area contributed by atoms with Gasteiger partial charge in [-0.1, -0.05) is 0 Å². The van der Waals surface area contributed by atoms with Gasteiger partial charge >= 0.3 is 6.03 Å². The van der Waals surface area contributed by atoms with Crippen molar-refractivity contribution in [2.75, 3.05) is 52.5 Å². The maximum atomic E-state index is 12.4. The van der Waals surface area contributed by atoms with Gasteiger partial charge in [-0.25, -0.2) is 4.79 Å². The minimum atomic E-state index is -0.223. The van der Waals surface area contributed by atoms with Crippen molar-refractivity contribution in [3.05, 3.63) is 0 Å². The van der Waals surface area contributed by atoms with E-state index in [1.165, 1.54) is 0 Å². The van der Waals surface area contributed by atoms with E-state index < -0.39 is 0 Å². The van der Waals surface area contributed by atoms with Gasteiger partial charge in [-0.2, -0.15) is 0 Å². The lowest BCUT2D eigenvalue weighted by Crippen LogP contribution is -2.59. The van der Waals surface area contributed by atoms with E-state index in [1.54, 1.807) is 0 Å². The van der Waals surface area contributed by atoms with Gasteiger partial charge in [0.05, 0.1) is 19.3 Å². The van der Waals surface area contributed by atoms with Crippen LogP contribution in [0.25, 0.3) is 0 Å². The van der Waals surface area contributed by atoms with E-state index in [1.807, 2.05) is 37.5 Å². The van der Waals surface area contributed by atoms with Crippen LogP contribution in [0.4, 0.5) is 4.79 Å². The van der Waals surface area contributed by atoms with Crippen molar-refractivity contribution >= 4 is 11.9 Å². The molecule has 132 valence electrons. The summed E-state index contributed by atoms with van der Waals surface area (Å²) in [5.74, 6) is 0.0467. The zero-order chi connectivity index (χ0) is 17.0. The Balaban J connectivity index is 1.81. The van der Waals surface area contributed by atoms with Crippen molar-refractivity contribution in [2.24, 2.45) is 0 Å². The van der Waals surface area contributed by atoms with E-state index in [2.05, 4.69) is 10.2 Å². The van der Waals surface area contributed by atoms with Gasteiger partial charge in [0.2, 0.25) is 5.91 Å². The topological polar surface area (TPSA) is 65.1 Å². The van der Waals surface area contributed by atoms with E-state index in [4.69, 9.17) is 4.74 Å². The second kappa shape index (κ2) is 7.49. The maximum Gasteiger partial charge on any atom is 0.320 e. The van der Waals surface area contributed by atoms with E-state index >= 15 is 0 Å². The fourth-order valence-corrected chi connectivity index (χ4v) is 2.90. The van der Waals surface area contributed by atoms with Gasteiger partial charge < -0.3 is 19.9 Å². The minimum Gasteiger partial charge on any atom is -0.378 e. The van der Waals surface area contributed by atoms with Crippen molar-refractivity contribution in [3.63, 3.8) is 0 Å². The number of morpholine rings is 1. The van der Waals surface area contributed by atoms with Crippen LogP contribution in [-0.4, -0.2) is 90.7 Å². The molecule has 0 aromatic heterocycles. The lowest BCUT2D eigenvalue weighted by molar-refractivity contribution is -0.127. The Kier molecular flexibility index (Phi) is 5.86. The molecule has 2 fully saturated rings. The van der Waals surface area contributed by atoms with Crippen LogP contribution in [0.5, 0.6) is 0 Å². The summed E-state index contributed by atoms with van der Waals surface area (Å²) in [5.41, 5.74) is -0.223. The molecular weight excluding hydrogens is 296 g/mol. The Morgan fingerprint density at radius 2 is 1.48 bits per heavy atom. The van der Waals surface area contributed by atoms with Gasteiger partial charge in [-0.15, -0.1) is 0 Å². The highest BCUT2D eigenvalue weighted by Gasteiger charge is 2.30. The first kappa shape index (κ1) is 18.0. The third-order valence-corrected chi connectivity index (χ3v) is 4.29. The first-order valence-corrected chi connectivity index (χ1v) is 8.45. The molecule has 0 aromatic rings. The van der Waals surface area contributed by atoms with Crippen LogP contribution in [0.2, 0.25) is 0 Å². The molecule has 0 saturated carbocycles. The number of ether oxygens (including phenoxy) is 1. The highest BCUT2D eigenvalue weighted by Crippen LogP contribution is 2.11. The average Bonchev–Trinajstić information content (AvgIpc) is 2.53. The summed E-state index contributed by atoms with van der Waals surface area (Å²) < 4.78 is 5.29. The zero-order valence-corrected chi connectivity index (χ0v) is 14.8. The molecule has 0 bridgehead atoms. The summed E-state index contributed by atoms with van der Waals surface area (Å²) in [5, 5.41) is 3.02. The fourth-order valence-electron chi connectivity index (χ4n) is 2.90. The number of amides is 3. The number of hydrogen-bond acceptors (Lipinski definition) is 4. The number of carbonyl (C=O) groups is 2. The molecule has 2 rings (SSSR count). The fraction of sp³-hybridized carbons (Fsp3) is 0.875. The van der Waals surface area contributed by atoms with E-state index in [0.29, 0.717) is 39.4 Å². The van der Waals surface area contributed by atoms with E-state index in [9.17, 15) is 9.59 Å². The molecule has 0 spiro atoms. The number of urea groups is 1. The van der Waals surface area contributed by atoms with Crippen LogP contribution in [0.1, 0.15) is 27.7 Å². The Labute approximate surface area is 138 Å². The van der Waals surface area contributed by atoms with E-state index in [0.717, 1.165) is 13.1 Å². The lowest BCUT2D eigenvalue weighted by atomic mass is 10.1. The standard InChI is InChI=1S/C16H30N4O3/c1-13(14(21)17-16(2,3)4)18-5-7-19(8-6-18)15(22)20-9-11-23-12-10-20/h13H,5-12H2,1-4H3,(H,17,21). The number of piperazine rings is 1. The zero-order valence-electron chi connectivity index (χ0n) is 14.8. The van der Waals surface area contributed by atoms with E-state index in [-0.39, 0.29) is 23.5 Å². The minimum absolute atomic E-state index is 0.0467. The molecular formula is C16H30N4O3. The van der Waals surface area contributed by atoms with Crippen LogP contribution in [0.15, 0.2) is 0 Å². The molecule has 7 nitrogen and oxygen atoms in total. The predicted octanol–water partition coefficient (Wildman–Crippen LogP) is 0.359. The van der Waals surface area contributed by atoms with Crippen LogP contribution >= 0.6 is 0 Å². The number of hydrogen-bond donors (Lipinski definition) is 1. The van der Waals surface area contributed by atoms with Crippen LogP contribution in [0.3, 0.4) is 0 Å². The van der Waals surface area contributed by atoms with Crippen molar-refractivity contribution in [1.29, 1.82) is 0 Å². The molecule has 2 saturated heterocycles. The molecule has 0 aliphatic carbocycles. The Morgan fingerprint density at radius 3 is 2.00 bits per heavy atom. The van der Waals surface area contributed by atoms with Crippen molar-refractivity contribution in [2.45, 2.75) is 39.3 Å². The Hall–Kier alpha value is -1.34. The number of nitrogens with one attached hydrogen (secondary N) is 1. The van der Waals surface area contributed by atoms with Gasteiger partial charge in [0, 0.05) is 44.8 Å². The van der Waals surface area contributed by atoms with Gasteiger partial charge in [0.15, 0.2) is 0 Å². The monoisotopic (exact) mass is 326 g/mol. The first-order chi connectivity index (χ1) is 10.8. The number of nitrogens with zero attached hydrogens (tertiary/aromatic N) is 3. The van der Waals surface area contributed by atoms with Gasteiger partial charge in [0.25, 0.3) is 0 Å². The summed E-state index contributed by atoms with van der Waals surface area (Å²) >= 11 is 0. The Bertz CT molecular complexity index is 422. The molecule has 0 radical (unpaired) electrons. The normalized spacial score (nSPS) is 21.9. The average molecular weight is 326 g/mol. The smallest absolute Gasteiger partial charge is 0.320 e. The van der Waals surface area contributed by atoms with Crippen molar-refractivity contribution in [3.8, 4) is 0 Å². The highest BCUT2D eigenvalue weighted by molar-refractivity contribution is 5.82. The van der Waals surface area contributed by atoms with Gasteiger partial charge in [-0.05, 0) is 27.7 Å². The molecule has 2 aliphatic heterocycles. The number of rotatable bonds is 2. The summed E-state index contributed by atoms with van der Waals surface area (Å²) in [4.78, 5) is 30.6. The summed E-state index contributed by atoms with van der Waals surface area (Å²) in [6, 6.07) is -0.0744. The SMILES string of the molecule is CC(C(=O)NC(C)(C)C)N1CCN(C(=O)N2CCOCC2)CC1. The molecule has 1 atom stereocenters. The largest absolute Gasteiger partial charge is 0.378 e. The second-order valence-corrected chi connectivity index (χ2v) is 7.32. The molecule has 7 heteroatoms. The summed E-state index contributed by atoms with van der Waals surface area (Å²) in [7, 11) is 0. The number of carbonyl (C=O) groups excluding carboxylic acids is 2. The Morgan fingerprint density at radius 1 is 0.957 bits per heavy atom. The quantitative estimate of drug-likeness (QED) is 0.796.